The quantitative estimate of drug-likeness (QED) is 0.0614. The molecule has 1 saturated heterocycles. The van der Waals surface area contributed by atoms with Gasteiger partial charge in [0.25, 0.3) is 11.7 Å². The largest absolute Gasteiger partial charge is 0.508 e. The third-order valence-corrected chi connectivity index (χ3v) is 13.6. The molecule has 7 N–H and O–H groups in total. The molecule has 68 heavy (non-hydrogen) atoms. The first-order chi connectivity index (χ1) is 32.0. The maximum Gasteiger partial charge on any atom is 0.312 e. The molecule has 3 aromatic carbocycles. The van der Waals surface area contributed by atoms with Gasteiger partial charge in [0.15, 0.2) is 5.75 Å². The highest BCUT2D eigenvalue weighted by atomic mass is 16.7. The van der Waals surface area contributed by atoms with Gasteiger partial charge in [-0.2, -0.15) is 5.10 Å². The van der Waals surface area contributed by atoms with E-state index in [2.05, 4.69) is 10.2 Å². The summed E-state index contributed by atoms with van der Waals surface area (Å²) in [7, 11) is 1.43. The van der Waals surface area contributed by atoms with E-state index in [4.69, 9.17) is 24.0 Å². The minimum Gasteiger partial charge on any atom is -0.508 e. The predicted molar refractivity (Wildman–Crippen MR) is 256 cm³/mol. The molecule has 1 fully saturated rings. The van der Waals surface area contributed by atoms with E-state index in [0.29, 0.717) is 19.6 Å². The van der Waals surface area contributed by atoms with Gasteiger partial charge in [-0.15, -0.1) is 0 Å². The highest BCUT2D eigenvalue weighted by molar-refractivity contribution is 6.23. The molecule has 2 unspecified atom stereocenters. The Labute approximate surface area is 396 Å². The van der Waals surface area contributed by atoms with E-state index in [9.17, 15) is 45.0 Å². The number of ether oxygens (including phenoxy) is 4. The van der Waals surface area contributed by atoms with E-state index in [-0.39, 0.29) is 62.3 Å². The summed E-state index contributed by atoms with van der Waals surface area (Å²) < 4.78 is 23.8. The number of nitrogens with zero attached hydrogens (tertiary/aromatic N) is 3. The Morgan fingerprint density at radius 2 is 1.54 bits per heavy atom. The second-order valence-electron chi connectivity index (χ2n) is 18.8. The predicted octanol–water partition coefficient (Wildman–Crippen LogP) is 6.39. The molecule has 1 amide bonds. The topological polar surface area (TPSA) is 240 Å². The lowest BCUT2D eigenvalue weighted by atomic mass is 9.78. The molecule has 7 rings (SSSR count). The van der Waals surface area contributed by atoms with Gasteiger partial charge in [-0.1, -0.05) is 58.1 Å². The zero-order valence-corrected chi connectivity index (χ0v) is 40.6. The number of amides is 1. The van der Waals surface area contributed by atoms with Gasteiger partial charge in [0.2, 0.25) is 0 Å². The number of hydrogen-bond donors (Lipinski definition) is 7. The van der Waals surface area contributed by atoms with Crippen LogP contribution >= 0.6 is 0 Å². The van der Waals surface area contributed by atoms with Crippen molar-refractivity contribution in [1.29, 1.82) is 0 Å². The van der Waals surface area contributed by atoms with Gasteiger partial charge < -0.3 is 54.9 Å². The second kappa shape index (κ2) is 20.6. The molecule has 4 heterocycles. The number of aliphatic hydroxyl groups excluding tert-OH is 2. The van der Waals surface area contributed by atoms with E-state index in [1.165, 1.54) is 59.4 Å². The number of nitrogens with one attached hydrogen (secondary N) is 1. The van der Waals surface area contributed by atoms with E-state index in [1.54, 1.807) is 52.0 Å². The third kappa shape index (κ3) is 10.2. The molecule has 3 aromatic rings. The molecule has 17 nitrogen and oxygen atoms in total. The third-order valence-electron chi connectivity index (χ3n) is 13.6. The Bertz CT molecular complexity index is 2510. The zero-order valence-electron chi connectivity index (χ0n) is 40.6. The van der Waals surface area contributed by atoms with Crippen LogP contribution in [0.3, 0.4) is 0 Å². The van der Waals surface area contributed by atoms with Crippen molar-refractivity contribution >= 4 is 40.3 Å². The normalized spacial score (nSPS) is 31.5. The Kier molecular flexibility index (Phi) is 15.5. The lowest BCUT2D eigenvalue weighted by molar-refractivity contribution is -0.160. The van der Waals surface area contributed by atoms with Gasteiger partial charge in [-0.05, 0) is 51.5 Å². The standard InChI is InChI=1S/C51H66N4O13/c1-25-13-12-14-26(2)50(64)53-41-36(21-52-55-27(3)22-54(23-28(55)4)24-34-15-17-35(57)18-16-34)45(61)38-39(46(41)62)44(60)32(8)48-40(38)49(63)51(10,68-48)66-20-19-37(65-11)29(5)47(67-33(9)56)31(7)43(59)30(6)42(25)58/h12-21,25,27-31,37,42-43,47,57-62H,22-24H2,1-11H3,(H,53,64)/b13-12+,20-19+,26-14-,52-21+/t25-,27?,28?,29-,30-,31-,37+,42+,43-,47-,51+/m1/s1. The molecular formula is C51H66N4O13. The minimum absolute atomic E-state index is 0.0378. The van der Waals surface area contributed by atoms with Gasteiger partial charge in [0.05, 0.1) is 65.1 Å². The highest BCUT2D eigenvalue weighted by Gasteiger charge is 2.50. The van der Waals surface area contributed by atoms with Crippen molar-refractivity contribution in [3.8, 4) is 28.7 Å². The monoisotopic (exact) mass is 942 g/mol. The number of ketones is 1. The molecule has 0 aromatic heterocycles. The molecule has 0 radical (unpaired) electrons. The molecule has 368 valence electrons. The van der Waals surface area contributed by atoms with Gasteiger partial charge in [-0.25, -0.2) is 0 Å². The average molecular weight is 943 g/mol. The van der Waals surface area contributed by atoms with Crippen molar-refractivity contribution in [1.82, 2.24) is 9.91 Å². The molecule has 4 aliphatic rings. The molecule has 17 heteroatoms. The van der Waals surface area contributed by atoms with Crippen molar-refractivity contribution in [2.24, 2.45) is 28.8 Å². The van der Waals surface area contributed by atoms with Crippen LogP contribution in [-0.2, 0) is 30.3 Å². The first-order valence-corrected chi connectivity index (χ1v) is 22.9. The second-order valence-corrected chi connectivity index (χ2v) is 18.8. The maximum atomic E-state index is 14.6. The number of benzene rings is 3. The number of esters is 1. The number of allylic oxidation sites excluding steroid dienone is 2. The summed E-state index contributed by atoms with van der Waals surface area (Å²) in [4.78, 5) is 43.3. The molecule has 0 aliphatic carbocycles. The summed E-state index contributed by atoms with van der Waals surface area (Å²) in [6.45, 7) is 18.3. The fourth-order valence-electron chi connectivity index (χ4n) is 9.64. The SMILES string of the molecule is CO[C@H]1/C=C/O[C@@]2(C)Oc3c(C)c(O)c4c(O)c(c(/C=N/N5C(C)CN(Cc6ccc(O)cc6)CC5C)c(O)c4c3C2=O)NC(=O)/C(C)=C\C=C\[C@@H](C)[C@H](O)[C@@H](C)[C@@H](O)[C@@H](C)[C@H](OC(C)=O)[C@@H]1C. The number of piperazine rings is 1. The van der Waals surface area contributed by atoms with Crippen molar-refractivity contribution in [2.45, 2.75) is 118 Å². The summed E-state index contributed by atoms with van der Waals surface area (Å²) in [5.41, 5.74) is 0.548. The fourth-order valence-corrected chi connectivity index (χ4v) is 9.64. The Morgan fingerprint density at radius 3 is 2.16 bits per heavy atom. The number of carbonyl (C=O) groups excluding carboxylic acids is 3. The number of fused-ring (bicyclic) bond motifs is 14. The average Bonchev–Trinajstić information content (AvgIpc) is 3.55. The number of aromatic hydroxyl groups is 4. The van der Waals surface area contributed by atoms with Crippen LogP contribution in [0.5, 0.6) is 28.7 Å². The maximum absolute atomic E-state index is 14.6. The number of anilines is 1. The van der Waals surface area contributed by atoms with Crippen LogP contribution in [0, 0.1) is 30.6 Å². The number of rotatable bonds is 6. The van der Waals surface area contributed by atoms with Crippen LogP contribution in [0.4, 0.5) is 5.69 Å². The fraction of sp³-hybridized carbons (Fsp3) is 0.490. The van der Waals surface area contributed by atoms with Crippen molar-refractivity contribution in [3.63, 3.8) is 0 Å². The van der Waals surface area contributed by atoms with E-state index in [0.717, 1.165) is 5.56 Å². The van der Waals surface area contributed by atoms with Crippen molar-refractivity contribution < 1.29 is 64.0 Å². The van der Waals surface area contributed by atoms with Crippen LogP contribution in [0.2, 0.25) is 0 Å². The van der Waals surface area contributed by atoms with E-state index >= 15 is 0 Å². The number of methoxy groups -OCH3 is 1. The number of Topliss-reactive ketones (excluding diaryl/α,β-unsaturated/α-hetero) is 1. The Balaban J connectivity index is 1.48. The molecule has 4 aliphatic heterocycles. The van der Waals surface area contributed by atoms with Gasteiger partial charge in [-0.3, -0.25) is 24.3 Å². The molecule has 11 atom stereocenters. The zero-order chi connectivity index (χ0) is 50.1. The van der Waals surface area contributed by atoms with Crippen LogP contribution in [0.1, 0.15) is 89.4 Å². The number of hydrogen-bond acceptors (Lipinski definition) is 16. The van der Waals surface area contributed by atoms with E-state index in [1.807, 2.05) is 31.0 Å². The summed E-state index contributed by atoms with van der Waals surface area (Å²) in [6.07, 6.45) is 4.78. The number of phenols is 4. The smallest absolute Gasteiger partial charge is 0.312 e. The summed E-state index contributed by atoms with van der Waals surface area (Å²) >= 11 is 0. The van der Waals surface area contributed by atoms with Crippen LogP contribution in [-0.4, -0.2) is 127 Å². The summed E-state index contributed by atoms with van der Waals surface area (Å²) in [6, 6.07) is 6.70. The van der Waals surface area contributed by atoms with Crippen LogP contribution < -0.4 is 10.1 Å². The summed E-state index contributed by atoms with van der Waals surface area (Å²) in [5, 5.41) is 77.8. The van der Waals surface area contributed by atoms with Gasteiger partial charge in [0, 0.05) is 80.8 Å². The molecule has 5 bridgehead atoms. The Hall–Kier alpha value is -6.14. The number of aliphatic hydroxyl groups is 2. The lowest BCUT2D eigenvalue weighted by Crippen LogP contribution is -2.54. The van der Waals surface area contributed by atoms with Crippen LogP contribution in [0.25, 0.3) is 10.8 Å². The van der Waals surface area contributed by atoms with Gasteiger partial charge in [0.1, 0.15) is 29.1 Å². The molecular weight excluding hydrogens is 877 g/mol. The van der Waals surface area contributed by atoms with Crippen LogP contribution in [0.15, 0.2) is 65.5 Å². The van der Waals surface area contributed by atoms with Crippen molar-refractivity contribution in [3.05, 3.63) is 82.7 Å². The first kappa shape index (κ1) is 51.3. The summed E-state index contributed by atoms with van der Waals surface area (Å²) in [5.74, 6) is -8.43. The number of phenolic OH excluding ortho intramolecular Hbond substituents is 4. The molecule has 0 saturated carbocycles. The lowest BCUT2D eigenvalue weighted by Gasteiger charge is -2.42. The highest BCUT2D eigenvalue weighted by Crippen LogP contribution is 2.55. The van der Waals surface area contributed by atoms with Gasteiger partial charge >= 0.3 is 11.8 Å². The number of carbonyl (C=O) groups is 3. The number of hydrazone groups is 1. The Morgan fingerprint density at radius 1 is 0.897 bits per heavy atom. The van der Waals surface area contributed by atoms with E-state index < -0.39 is 88.8 Å². The molecule has 0 spiro atoms. The minimum atomic E-state index is -2.08. The van der Waals surface area contributed by atoms with Crippen molar-refractivity contribution in [2.75, 3.05) is 25.5 Å². The first-order valence-electron chi connectivity index (χ1n) is 22.9.